The summed E-state index contributed by atoms with van der Waals surface area (Å²) < 4.78 is 2.63. The van der Waals surface area contributed by atoms with Crippen LogP contribution in [0.3, 0.4) is 0 Å². The summed E-state index contributed by atoms with van der Waals surface area (Å²) in [6.45, 7) is 11.5. The lowest BCUT2D eigenvalue weighted by atomic mass is 9.82. The number of thiophene rings is 1. The molecule has 10 rings (SSSR count). The van der Waals surface area contributed by atoms with Crippen molar-refractivity contribution in [2.24, 2.45) is 0 Å². The Morgan fingerprint density at radius 3 is 1.87 bits per heavy atom. The Balaban J connectivity index is 1.19. The molecular weight excluding hydrogens is 683 g/mol. The highest BCUT2D eigenvalue weighted by molar-refractivity contribution is 7.25. The summed E-state index contributed by atoms with van der Waals surface area (Å²) in [4.78, 5) is 2.48. The maximum absolute atomic E-state index is 2.48. The molecule has 0 aliphatic heterocycles. The van der Waals surface area contributed by atoms with Gasteiger partial charge in [-0.05, 0) is 103 Å². The summed E-state index contributed by atoms with van der Waals surface area (Å²) in [5.74, 6) is 0. The minimum Gasteiger partial charge on any atom is -0.310 e. The molecule has 0 saturated heterocycles. The summed E-state index contributed by atoms with van der Waals surface area (Å²) in [7, 11) is 0. The van der Waals surface area contributed by atoms with Crippen molar-refractivity contribution in [3.63, 3.8) is 0 Å². The number of anilines is 3. The average Bonchev–Trinajstić information content (AvgIpc) is 3.69. The first-order valence-electron chi connectivity index (χ1n) is 19.3. The van der Waals surface area contributed by atoms with Gasteiger partial charge in [-0.1, -0.05) is 162 Å². The summed E-state index contributed by atoms with van der Waals surface area (Å²) in [5.41, 5.74) is 15.1. The van der Waals surface area contributed by atoms with E-state index in [9.17, 15) is 0 Å². The summed E-state index contributed by atoms with van der Waals surface area (Å²) >= 11 is 1.88. The molecule has 0 fully saturated rings. The van der Waals surface area contributed by atoms with Crippen LogP contribution in [0.15, 0.2) is 170 Å². The minimum absolute atomic E-state index is 0.0623. The van der Waals surface area contributed by atoms with Crippen LogP contribution < -0.4 is 4.90 Å². The molecule has 9 aromatic rings. The number of benzene rings is 8. The van der Waals surface area contributed by atoms with Crippen molar-refractivity contribution < 1.29 is 0 Å². The van der Waals surface area contributed by atoms with Gasteiger partial charge in [-0.2, -0.15) is 0 Å². The molecular formula is C53H43NS. The Morgan fingerprint density at radius 1 is 0.473 bits per heavy atom. The van der Waals surface area contributed by atoms with Crippen LogP contribution in [0.1, 0.15) is 51.3 Å². The smallest absolute Gasteiger partial charge is 0.0546 e. The zero-order valence-electron chi connectivity index (χ0n) is 32.0. The van der Waals surface area contributed by atoms with E-state index in [1.807, 2.05) is 11.3 Å². The lowest BCUT2D eigenvalue weighted by molar-refractivity contribution is 0.590. The lowest BCUT2D eigenvalue weighted by Crippen LogP contribution is -2.15. The van der Waals surface area contributed by atoms with Gasteiger partial charge in [0.25, 0.3) is 0 Å². The first-order valence-corrected chi connectivity index (χ1v) is 20.2. The molecule has 0 saturated carbocycles. The largest absolute Gasteiger partial charge is 0.310 e. The third-order valence-corrected chi connectivity index (χ3v) is 13.0. The van der Waals surface area contributed by atoms with E-state index in [4.69, 9.17) is 0 Å². The van der Waals surface area contributed by atoms with E-state index in [0.717, 1.165) is 17.1 Å². The maximum Gasteiger partial charge on any atom is 0.0546 e. The number of nitrogens with zero attached hydrogens (tertiary/aromatic N) is 1. The molecule has 1 aliphatic rings. The third kappa shape index (κ3) is 5.50. The number of hydrogen-bond donors (Lipinski definition) is 0. The quantitative estimate of drug-likeness (QED) is 0.171. The molecule has 2 heteroatoms. The second-order valence-corrected chi connectivity index (χ2v) is 17.7. The zero-order valence-corrected chi connectivity index (χ0v) is 32.8. The molecule has 266 valence electrons. The maximum atomic E-state index is 2.48. The first kappa shape index (κ1) is 33.6. The van der Waals surface area contributed by atoms with Gasteiger partial charge in [-0.25, -0.2) is 0 Å². The molecule has 0 amide bonds. The summed E-state index contributed by atoms with van der Waals surface area (Å²) in [6.07, 6.45) is 0. The standard InChI is InChI=1S/C53H43NS/c1-52(2,3)38-24-18-34(19-25-38)35-20-26-39(27-21-35)54(40-28-30-47-45(33-40)42-14-8-10-16-46(42)53(47,4)5)48-31-23-36-12-6-7-13-41(36)51(48)37-22-29-44-43-15-9-11-17-49(43)55-50(44)32-37/h6-33H,1-5H3. The van der Waals surface area contributed by atoms with Crippen molar-refractivity contribution in [3.05, 3.63) is 187 Å². The van der Waals surface area contributed by atoms with Gasteiger partial charge in [0.05, 0.1) is 5.69 Å². The van der Waals surface area contributed by atoms with E-state index in [2.05, 4.69) is 209 Å². The first-order chi connectivity index (χ1) is 26.6. The molecule has 0 unspecified atom stereocenters. The Bertz CT molecular complexity index is 2920. The monoisotopic (exact) mass is 725 g/mol. The van der Waals surface area contributed by atoms with Crippen LogP contribution >= 0.6 is 11.3 Å². The van der Waals surface area contributed by atoms with Crippen molar-refractivity contribution in [2.75, 3.05) is 4.90 Å². The Kier molecular flexibility index (Phi) is 7.67. The highest BCUT2D eigenvalue weighted by atomic mass is 32.1. The fourth-order valence-corrected chi connectivity index (χ4v) is 10.0. The molecule has 0 N–H and O–H groups in total. The topological polar surface area (TPSA) is 3.24 Å². The normalized spacial score (nSPS) is 13.3. The van der Waals surface area contributed by atoms with Crippen LogP contribution in [0.4, 0.5) is 17.1 Å². The van der Waals surface area contributed by atoms with E-state index in [0.29, 0.717) is 0 Å². The van der Waals surface area contributed by atoms with Crippen molar-refractivity contribution in [1.82, 2.24) is 0 Å². The van der Waals surface area contributed by atoms with Gasteiger partial charge in [0.2, 0.25) is 0 Å². The SMILES string of the molecule is CC(C)(C)c1ccc(-c2ccc(N(c3ccc4c(c3)-c3ccccc3C4(C)C)c3ccc4ccccc4c3-c3ccc4c(c3)sc3ccccc34)cc2)cc1. The third-order valence-electron chi connectivity index (χ3n) is 11.9. The number of rotatable bonds is 5. The van der Waals surface area contributed by atoms with Crippen LogP contribution in [0, 0.1) is 0 Å². The zero-order chi connectivity index (χ0) is 37.5. The summed E-state index contributed by atoms with van der Waals surface area (Å²) in [5, 5.41) is 5.11. The molecule has 0 bridgehead atoms. The van der Waals surface area contributed by atoms with Gasteiger partial charge >= 0.3 is 0 Å². The second kappa shape index (κ2) is 12.5. The summed E-state index contributed by atoms with van der Waals surface area (Å²) in [6, 6.07) is 63.6. The highest BCUT2D eigenvalue weighted by Crippen LogP contribution is 2.52. The van der Waals surface area contributed by atoms with Gasteiger partial charge in [0.15, 0.2) is 0 Å². The molecule has 0 atom stereocenters. The van der Waals surface area contributed by atoms with Gasteiger partial charge in [0.1, 0.15) is 0 Å². The Labute approximate surface area is 328 Å². The molecule has 1 aliphatic carbocycles. The van der Waals surface area contributed by atoms with Crippen molar-refractivity contribution in [3.8, 4) is 33.4 Å². The van der Waals surface area contributed by atoms with E-state index in [1.54, 1.807) is 0 Å². The molecule has 0 radical (unpaired) electrons. The predicted octanol–water partition coefficient (Wildman–Crippen LogP) is 15.6. The fraction of sp³-hybridized carbons (Fsp3) is 0.132. The minimum atomic E-state index is -0.0623. The van der Waals surface area contributed by atoms with Crippen LogP contribution in [-0.4, -0.2) is 0 Å². The van der Waals surface area contributed by atoms with Crippen LogP contribution in [0.2, 0.25) is 0 Å². The predicted molar refractivity (Wildman–Crippen MR) is 239 cm³/mol. The molecule has 0 spiro atoms. The van der Waals surface area contributed by atoms with E-state index >= 15 is 0 Å². The van der Waals surface area contributed by atoms with Gasteiger partial charge in [0, 0.05) is 42.5 Å². The molecule has 8 aromatic carbocycles. The average molecular weight is 726 g/mol. The number of fused-ring (bicyclic) bond motifs is 7. The van der Waals surface area contributed by atoms with E-state index in [-0.39, 0.29) is 10.8 Å². The lowest BCUT2D eigenvalue weighted by Gasteiger charge is -2.30. The molecule has 1 nitrogen and oxygen atoms in total. The number of hydrogen-bond acceptors (Lipinski definition) is 2. The van der Waals surface area contributed by atoms with Crippen LogP contribution in [-0.2, 0) is 10.8 Å². The van der Waals surface area contributed by atoms with Gasteiger partial charge in [-0.15, -0.1) is 11.3 Å². The van der Waals surface area contributed by atoms with Gasteiger partial charge in [-0.3, -0.25) is 0 Å². The molecule has 55 heavy (non-hydrogen) atoms. The molecule has 1 heterocycles. The van der Waals surface area contributed by atoms with Crippen molar-refractivity contribution >= 4 is 59.3 Å². The van der Waals surface area contributed by atoms with Crippen LogP contribution in [0.5, 0.6) is 0 Å². The highest BCUT2D eigenvalue weighted by Gasteiger charge is 2.35. The van der Waals surface area contributed by atoms with Crippen molar-refractivity contribution in [1.29, 1.82) is 0 Å². The van der Waals surface area contributed by atoms with Gasteiger partial charge < -0.3 is 4.90 Å². The fourth-order valence-electron chi connectivity index (χ4n) is 8.87. The Morgan fingerprint density at radius 2 is 1.09 bits per heavy atom. The molecule has 1 aromatic heterocycles. The van der Waals surface area contributed by atoms with E-state index in [1.165, 1.54) is 81.0 Å². The Hall–Kier alpha value is -5.96. The second-order valence-electron chi connectivity index (χ2n) is 16.6. The van der Waals surface area contributed by atoms with Crippen LogP contribution in [0.25, 0.3) is 64.3 Å². The van der Waals surface area contributed by atoms with Crippen molar-refractivity contribution in [2.45, 2.75) is 45.4 Å². The van der Waals surface area contributed by atoms with E-state index < -0.39 is 0 Å².